The number of carbonyl (C=O) groups excluding carboxylic acids is 1. The zero-order valence-corrected chi connectivity index (χ0v) is 10.9. The number of amides is 2. The maximum atomic E-state index is 12.8. The molecule has 8 heteroatoms. The Morgan fingerprint density at radius 1 is 1.37 bits per heavy atom. The molecule has 2 amide bonds. The molecule has 106 valence electrons. The fourth-order valence-electron chi connectivity index (χ4n) is 1.04. The lowest BCUT2D eigenvalue weighted by Gasteiger charge is -2.18. The Hall–Kier alpha value is -1.63. The highest BCUT2D eigenvalue weighted by molar-refractivity contribution is 6.20. The van der Waals surface area contributed by atoms with Gasteiger partial charge in [-0.1, -0.05) is 11.6 Å². The van der Waals surface area contributed by atoms with Crippen molar-refractivity contribution in [2.75, 3.05) is 19.4 Å². The standard InChI is InChI=1S/C11H12ClF3N2O2/c1-17(2)10(18)16-7-3-5-8(6-4-7)19-11(14,15)9(12)13/h3-6,9H,1-2H3,(H,16,18). The summed E-state index contributed by atoms with van der Waals surface area (Å²) in [5, 5.41) is 2.50. The third-order valence-electron chi connectivity index (χ3n) is 2.02. The quantitative estimate of drug-likeness (QED) is 0.866. The number of alkyl halides is 4. The van der Waals surface area contributed by atoms with E-state index in [1.807, 2.05) is 0 Å². The molecule has 0 aromatic heterocycles. The maximum Gasteiger partial charge on any atom is 0.444 e. The molecule has 1 rings (SSSR count). The van der Waals surface area contributed by atoms with E-state index in [1.165, 1.54) is 29.2 Å². The first-order chi connectivity index (χ1) is 8.72. The molecule has 4 nitrogen and oxygen atoms in total. The first kappa shape index (κ1) is 15.4. The number of hydrogen-bond donors (Lipinski definition) is 1. The SMILES string of the molecule is CN(C)C(=O)Nc1ccc(OC(F)(F)C(F)Cl)cc1. The van der Waals surface area contributed by atoms with Crippen molar-refractivity contribution >= 4 is 23.3 Å². The Morgan fingerprint density at radius 2 is 1.89 bits per heavy atom. The average Bonchev–Trinajstić information content (AvgIpc) is 2.30. The molecule has 0 heterocycles. The minimum absolute atomic E-state index is 0.267. The summed E-state index contributed by atoms with van der Waals surface area (Å²) in [5.74, 6) is -0.267. The lowest BCUT2D eigenvalue weighted by molar-refractivity contribution is -0.199. The van der Waals surface area contributed by atoms with Gasteiger partial charge in [-0.25, -0.2) is 9.18 Å². The number of nitrogens with zero attached hydrogens (tertiary/aromatic N) is 1. The first-order valence-electron chi connectivity index (χ1n) is 5.15. The summed E-state index contributed by atoms with van der Waals surface area (Å²) in [6.45, 7) is 0. The molecule has 0 spiro atoms. The molecular formula is C11H12ClF3N2O2. The van der Waals surface area contributed by atoms with Crippen molar-refractivity contribution in [1.82, 2.24) is 4.90 Å². The number of nitrogens with one attached hydrogen (secondary N) is 1. The van der Waals surface area contributed by atoms with Gasteiger partial charge in [0.2, 0.25) is 0 Å². The van der Waals surface area contributed by atoms with E-state index in [0.717, 1.165) is 0 Å². The molecule has 1 unspecified atom stereocenters. The molecule has 1 aromatic rings. The van der Waals surface area contributed by atoms with Crippen molar-refractivity contribution in [1.29, 1.82) is 0 Å². The van der Waals surface area contributed by atoms with Crippen LogP contribution in [0.25, 0.3) is 0 Å². The lowest BCUT2D eigenvalue weighted by Crippen LogP contribution is -2.32. The van der Waals surface area contributed by atoms with Gasteiger partial charge in [0, 0.05) is 19.8 Å². The molecule has 0 fully saturated rings. The second kappa shape index (κ2) is 6.01. The average molecular weight is 297 g/mol. The van der Waals surface area contributed by atoms with Gasteiger partial charge in [0.15, 0.2) is 0 Å². The van der Waals surface area contributed by atoms with Gasteiger partial charge in [-0.2, -0.15) is 8.78 Å². The summed E-state index contributed by atoms with van der Waals surface area (Å²) in [6.07, 6.45) is -4.12. The van der Waals surface area contributed by atoms with Gasteiger partial charge >= 0.3 is 12.1 Å². The third-order valence-corrected chi connectivity index (χ3v) is 2.27. The molecule has 1 N–H and O–H groups in total. The van der Waals surface area contributed by atoms with E-state index in [4.69, 9.17) is 0 Å². The number of carbonyl (C=O) groups is 1. The first-order valence-corrected chi connectivity index (χ1v) is 5.59. The van der Waals surface area contributed by atoms with E-state index in [2.05, 4.69) is 21.7 Å². The van der Waals surface area contributed by atoms with Crippen molar-refractivity contribution in [3.8, 4) is 5.75 Å². The van der Waals surface area contributed by atoms with Crippen LogP contribution in [0.2, 0.25) is 0 Å². The molecule has 0 radical (unpaired) electrons. The molecule has 19 heavy (non-hydrogen) atoms. The number of benzene rings is 1. The van der Waals surface area contributed by atoms with Crippen molar-refractivity contribution in [3.05, 3.63) is 24.3 Å². The Morgan fingerprint density at radius 3 is 2.32 bits per heavy atom. The molecule has 0 saturated heterocycles. The number of anilines is 1. The van der Waals surface area contributed by atoms with E-state index in [0.29, 0.717) is 5.69 Å². The Balaban J connectivity index is 2.69. The normalized spacial score (nSPS) is 12.7. The molecule has 1 atom stereocenters. The minimum Gasteiger partial charge on any atom is -0.429 e. The molecule has 0 aliphatic heterocycles. The highest BCUT2D eigenvalue weighted by Crippen LogP contribution is 2.29. The number of ether oxygens (including phenoxy) is 1. The van der Waals surface area contributed by atoms with Crippen LogP contribution in [0.1, 0.15) is 0 Å². The number of urea groups is 1. The van der Waals surface area contributed by atoms with Crippen LogP contribution >= 0.6 is 11.6 Å². The second-order valence-corrected chi connectivity index (χ2v) is 4.20. The summed E-state index contributed by atoms with van der Waals surface area (Å²) < 4.78 is 42.1. The summed E-state index contributed by atoms with van der Waals surface area (Å²) >= 11 is 4.65. The van der Waals surface area contributed by atoms with Crippen LogP contribution in [0, 0.1) is 0 Å². The van der Waals surface area contributed by atoms with E-state index in [-0.39, 0.29) is 11.8 Å². The topological polar surface area (TPSA) is 41.6 Å². The van der Waals surface area contributed by atoms with Crippen LogP contribution in [0.5, 0.6) is 5.75 Å². The largest absolute Gasteiger partial charge is 0.444 e. The molecule has 0 saturated carbocycles. The summed E-state index contributed by atoms with van der Waals surface area (Å²) in [7, 11) is 3.10. The smallest absolute Gasteiger partial charge is 0.429 e. The lowest BCUT2D eigenvalue weighted by atomic mass is 10.3. The molecule has 1 aromatic carbocycles. The molecule has 0 aliphatic rings. The zero-order valence-electron chi connectivity index (χ0n) is 10.2. The van der Waals surface area contributed by atoms with Crippen LogP contribution in [-0.2, 0) is 0 Å². The Kier molecular flexibility index (Phi) is 4.88. The van der Waals surface area contributed by atoms with Crippen LogP contribution in [0.4, 0.5) is 23.7 Å². The van der Waals surface area contributed by atoms with Gasteiger partial charge in [-0.15, -0.1) is 0 Å². The summed E-state index contributed by atoms with van der Waals surface area (Å²) in [5.41, 5.74) is -2.56. The van der Waals surface area contributed by atoms with Crippen LogP contribution < -0.4 is 10.1 Å². The van der Waals surface area contributed by atoms with Crippen molar-refractivity contribution in [2.24, 2.45) is 0 Å². The van der Waals surface area contributed by atoms with Gasteiger partial charge in [-0.05, 0) is 24.3 Å². The minimum atomic E-state index is -4.12. The fraction of sp³-hybridized carbons (Fsp3) is 0.364. The second-order valence-electron chi connectivity index (χ2n) is 3.81. The third kappa shape index (κ3) is 4.51. The summed E-state index contributed by atoms with van der Waals surface area (Å²) in [6, 6.07) is 4.64. The van der Waals surface area contributed by atoms with Crippen molar-refractivity contribution in [2.45, 2.75) is 11.7 Å². The van der Waals surface area contributed by atoms with Gasteiger partial charge in [0.25, 0.3) is 5.63 Å². The van der Waals surface area contributed by atoms with E-state index in [1.54, 1.807) is 14.1 Å². The maximum absolute atomic E-state index is 12.8. The fourth-order valence-corrected chi connectivity index (χ4v) is 1.09. The van der Waals surface area contributed by atoms with Gasteiger partial charge in [-0.3, -0.25) is 0 Å². The van der Waals surface area contributed by atoms with E-state index >= 15 is 0 Å². The van der Waals surface area contributed by atoms with Crippen LogP contribution in [0.15, 0.2) is 24.3 Å². The predicted molar refractivity (Wildman–Crippen MR) is 65.5 cm³/mol. The molecule has 0 bridgehead atoms. The van der Waals surface area contributed by atoms with Crippen LogP contribution in [-0.4, -0.2) is 36.8 Å². The number of rotatable bonds is 4. The Bertz CT molecular complexity index is 438. The van der Waals surface area contributed by atoms with Gasteiger partial charge in [0.05, 0.1) is 0 Å². The highest BCUT2D eigenvalue weighted by atomic mass is 35.5. The Labute approximate surface area is 113 Å². The van der Waals surface area contributed by atoms with Crippen molar-refractivity contribution < 1.29 is 22.7 Å². The van der Waals surface area contributed by atoms with Gasteiger partial charge in [0.1, 0.15) is 5.75 Å². The summed E-state index contributed by atoms with van der Waals surface area (Å²) in [4.78, 5) is 12.6. The number of hydrogen-bond acceptors (Lipinski definition) is 2. The van der Waals surface area contributed by atoms with Crippen LogP contribution in [0.3, 0.4) is 0 Å². The molecular weight excluding hydrogens is 285 g/mol. The monoisotopic (exact) mass is 296 g/mol. The number of halogens is 4. The zero-order chi connectivity index (χ0) is 14.6. The predicted octanol–water partition coefficient (Wildman–Crippen LogP) is 3.29. The highest BCUT2D eigenvalue weighted by Gasteiger charge is 2.42. The van der Waals surface area contributed by atoms with Gasteiger partial charge < -0.3 is 15.0 Å². The molecule has 0 aliphatic carbocycles. The van der Waals surface area contributed by atoms with Crippen molar-refractivity contribution in [3.63, 3.8) is 0 Å². The van der Waals surface area contributed by atoms with E-state index in [9.17, 15) is 18.0 Å². The van der Waals surface area contributed by atoms with E-state index < -0.39 is 11.7 Å².